The second-order valence-electron chi connectivity index (χ2n) is 5.37. The van der Waals surface area contributed by atoms with Crippen LogP contribution in [0.25, 0.3) is 0 Å². The molecule has 0 saturated carbocycles. The summed E-state index contributed by atoms with van der Waals surface area (Å²) in [6.07, 6.45) is -1.26. The van der Waals surface area contributed by atoms with Gasteiger partial charge in [-0.05, 0) is 11.1 Å². The van der Waals surface area contributed by atoms with Gasteiger partial charge in [-0.1, -0.05) is 67.6 Å². The largest absolute Gasteiger partial charge is 0.465 e. The molecule has 3 N–H and O–H groups in total. The standard InChI is InChI=1S/C18H20N2O4/c1-13(15-10-6-3-7-11-15)16(19-18(22)23)17(21)20-24-12-14-8-4-2-5-9-14/h2-11,13,16,19H,12H2,1H3,(H,20,21)(H,22,23)/t13-,16+/m1/s1. The predicted molar refractivity (Wildman–Crippen MR) is 89.2 cm³/mol. The Balaban J connectivity index is 1.98. The van der Waals surface area contributed by atoms with Crippen molar-refractivity contribution in [3.05, 3.63) is 71.8 Å². The summed E-state index contributed by atoms with van der Waals surface area (Å²) in [7, 11) is 0. The van der Waals surface area contributed by atoms with Crippen molar-refractivity contribution in [2.75, 3.05) is 0 Å². The van der Waals surface area contributed by atoms with Crippen LogP contribution in [0, 0.1) is 0 Å². The summed E-state index contributed by atoms with van der Waals surface area (Å²) in [4.78, 5) is 28.5. The molecule has 24 heavy (non-hydrogen) atoms. The lowest BCUT2D eigenvalue weighted by atomic mass is 9.93. The Morgan fingerprint density at radius 1 is 1.04 bits per heavy atom. The third kappa shape index (κ3) is 5.10. The van der Waals surface area contributed by atoms with E-state index in [4.69, 9.17) is 9.94 Å². The second-order valence-corrected chi connectivity index (χ2v) is 5.37. The fourth-order valence-corrected chi connectivity index (χ4v) is 2.33. The molecule has 0 aromatic heterocycles. The fraction of sp³-hybridized carbons (Fsp3) is 0.222. The summed E-state index contributed by atoms with van der Waals surface area (Å²) in [6.45, 7) is 1.98. The minimum atomic E-state index is -1.26. The number of hydrogen-bond donors (Lipinski definition) is 3. The Bertz CT molecular complexity index is 661. The van der Waals surface area contributed by atoms with Crippen LogP contribution in [0.5, 0.6) is 0 Å². The van der Waals surface area contributed by atoms with E-state index in [-0.39, 0.29) is 12.5 Å². The van der Waals surface area contributed by atoms with E-state index in [9.17, 15) is 9.59 Å². The van der Waals surface area contributed by atoms with Crippen LogP contribution in [0.3, 0.4) is 0 Å². The first-order valence-corrected chi connectivity index (χ1v) is 7.58. The Morgan fingerprint density at radius 3 is 2.21 bits per heavy atom. The third-order valence-corrected chi connectivity index (χ3v) is 3.64. The lowest BCUT2D eigenvalue weighted by Gasteiger charge is -2.23. The number of carboxylic acid groups (broad SMARTS) is 1. The van der Waals surface area contributed by atoms with Crippen LogP contribution in [0.2, 0.25) is 0 Å². The van der Waals surface area contributed by atoms with Gasteiger partial charge in [0.1, 0.15) is 6.04 Å². The van der Waals surface area contributed by atoms with E-state index in [1.807, 2.05) is 60.7 Å². The van der Waals surface area contributed by atoms with E-state index >= 15 is 0 Å². The highest BCUT2D eigenvalue weighted by atomic mass is 16.6. The molecule has 2 aromatic rings. The highest BCUT2D eigenvalue weighted by molar-refractivity contribution is 5.85. The maximum Gasteiger partial charge on any atom is 0.405 e. The molecule has 2 aromatic carbocycles. The monoisotopic (exact) mass is 328 g/mol. The van der Waals surface area contributed by atoms with Crippen LogP contribution in [-0.2, 0) is 16.2 Å². The molecule has 0 aliphatic carbocycles. The Kier molecular flexibility index (Phi) is 6.33. The van der Waals surface area contributed by atoms with E-state index in [1.54, 1.807) is 6.92 Å². The predicted octanol–water partition coefficient (Wildman–Crippen LogP) is 2.67. The molecule has 2 amide bonds. The molecule has 2 atom stereocenters. The van der Waals surface area contributed by atoms with Crippen LogP contribution in [0.4, 0.5) is 4.79 Å². The molecule has 0 unspecified atom stereocenters. The van der Waals surface area contributed by atoms with Crippen molar-refractivity contribution in [2.24, 2.45) is 0 Å². The molecule has 0 saturated heterocycles. The van der Waals surface area contributed by atoms with Gasteiger partial charge in [0.2, 0.25) is 0 Å². The molecular formula is C18H20N2O4. The highest BCUT2D eigenvalue weighted by Crippen LogP contribution is 2.19. The van der Waals surface area contributed by atoms with Crippen molar-refractivity contribution >= 4 is 12.0 Å². The maximum absolute atomic E-state index is 12.3. The van der Waals surface area contributed by atoms with Gasteiger partial charge in [-0.2, -0.15) is 0 Å². The number of hydroxylamine groups is 1. The number of nitrogens with one attached hydrogen (secondary N) is 2. The second kappa shape index (κ2) is 8.69. The zero-order chi connectivity index (χ0) is 17.4. The summed E-state index contributed by atoms with van der Waals surface area (Å²) < 4.78 is 0. The first-order chi connectivity index (χ1) is 11.6. The maximum atomic E-state index is 12.3. The molecule has 0 aliphatic rings. The first kappa shape index (κ1) is 17.5. The normalized spacial score (nSPS) is 12.9. The highest BCUT2D eigenvalue weighted by Gasteiger charge is 2.28. The lowest BCUT2D eigenvalue weighted by Crippen LogP contribution is -2.49. The Hall–Kier alpha value is -2.86. The van der Waals surface area contributed by atoms with Crippen LogP contribution in [0.15, 0.2) is 60.7 Å². The number of carbonyl (C=O) groups excluding carboxylic acids is 1. The van der Waals surface area contributed by atoms with Crippen LogP contribution >= 0.6 is 0 Å². The van der Waals surface area contributed by atoms with Crippen LogP contribution < -0.4 is 10.8 Å². The van der Waals surface area contributed by atoms with Crippen molar-refractivity contribution in [3.63, 3.8) is 0 Å². The van der Waals surface area contributed by atoms with Crippen LogP contribution in [0.1, 0.15) is 24.0 Å². The number of amides is 2. The summed E-state index contributed by atoms with van der Waals surface area (Å²) in [5, 5.41) is 11.3. The minimum absolute atomic E-state index is 0.200. The Labute approximate surface area is 140 Å². The van der Waals surface area contributed by atoms with E-state index in [0.29, 0.717) is 0 Å². The molecule has 6 heteroatoms. The molecule has 0 bridgehead atoms. The van der Waals surface area contributed by atoms with Gasteiger partial charge in [0.25, 0.3) is 5.91 Å². The smallest absolute Gasteiger partial charge is 0.405 e. The molecule has 0 fully saturated rings. The summed E-state index contributed by atoms with van der Waals surface area (Å²) in [5.74, 6) is -0.882. The summed E-state index contributed by atoms with van der Waals surface area (Å²) in [5.41, 5.74) is 4.08. The molecule has 0 spiro atoms. The van der Waals surface area contributed by atoms with Gasteiger partial charge in [-0.3, -0.25) is 9.63 Å². The van der Waals surface area contributed by atoms with Gasteiger partial charge in [0.15, 0.2) is 0 Å². The number of benzene rings is 2. The van der Waals surface area contributed by atoms with Crippen LogP contribution in [-0.4, -0.2) is 23.1 Å². The van der Waals surface area contributed by atoms with E-state index in [2.05, 4.69) is 10.8 Å². The molecule has 0 radical (unpaired) electrons. The quantitative estimate of drug-likeness (QED) is 0.682. The van der Waals surface area contributed by atoms with Crippen molar-refractivity contribution < 1.29 is 19.5 Å². The van der Waals surface area contributed by atoms with Gasteiger partial charge in [-0.15, -0.1) is 0 Å². The zero-order valence-corrected chi connectivity index (χ0v) is 13.3. The average Bonchev–Trinajstić information content (AvgIpc) is 2.60. The van der Waals surface area contributed by atoms with Gasteiger partial charge >= 0.3 is 6.09 Å². The molecular weight excluding hydrogens is 308 g/mol. The molecule has 2 rings (SSSR count). The molecule has 6 nitrogen and oxygen atoms in total. The SMILES string of the molecule is C[C@H](c1ccccc1)[C@H](NC(=O)O)C(=O)NOCc1ccccc1. The van der Waals surface area contributed by atoms with Gasteiger partial charge in [0.05, 0.1) is 6.61 Å². The zero-order valence-electron chi connectivity index (χ0n) is 13.3. The van der Waals surface area contributed by atoms with Crippen molar-refractivity contribution in [1.82, 2.24) is 10.8 Å². The number of carbonyl (C=O) groups is 2. The molecule has 0 aliphatic heterocycles. The van der Waals surface area contributed by atoms with Crippen molar-refractivity contribution in [2.45, 2.75) is 25.5 Å². The topological polar surface area (TPSA) is 87.7 Å². The summed E-state index contributed by atoms with van der Waals surface area (Å²) >= 11 is 0. The van der Waals surface area contributed by atoms with Gasteiger partial charge in [0, 0.05) is 5.92 Å². The third-order valence-electron chi connectivity index (χ3n) is 3.64. The van der Waals surface area contributed by atoms with Crippen molar-refractivity contribution in [3.8, 4) is 0 Å². The van der Waals surface area contributed by atoms with E-state index in [0.717, 1.165) is 11.1 Å². The van der Waals surface area contributed by atoms with Gasteiger partial charge < -0.3 is 10.4 Å². The minimum Gasteiger partial charge on any atom is -0.465 e. The molecule has 0 heterocycles. The molecule has 126 valence electrons. The number of hydrogen-bond acceptors (Lipinski definition) is 3. The summed E-state index contributed by atoms with van der Waals surface area (Å²) in [6, 6.07) is 17.6. The Morgan fingerprint density at radius 2 is 1.62 bits per heavy atom. The van der Waals surface area contributed by atoms with E-state index < -0.39 is 18.0 Å². The average molecular weight is 328 g/mol. The van der Waals surface area contributed by atoms with Crippen molar-refractivity contribution in [1.29, 1.82) is 0 Å². The fourth-order valence-electron chi connectivity index (χ4n) is 2.33. The van der Waals surface area contributed by atoms with E-state index in [1.165, 1.54) is 0 Å². The first-order valence-electron chi connectivity index (χ1n) is 7.58. The lowest BCUT2D eigenvalue weighted by molar-refractivity contribution is -0.137. The van der Waals surface area contributed by atoms with Gasteiger partial charge in [-0.25, -0.2) is 10.3 Å². The number of rotatable bonds is 7.